The lowest BCUT2D eigenvalue weighted by atomic mass is 10.1. The molecule has 27 heavy (non-hydrogen) atoms. The van der Waals surface area contributed by atoms with E-state index in [4.69, 9.17) is 4.42 Å². The first kappa shape index (κ1) is 17.5. The van der Waals surface area contributed by atoms with Gasteiger partial charge in [-0.15, -0.1) is 0 Å². The van der Waals surface area contributed by atoms with Gasteiger partial charge in [0.25, 0.3) is 0 Å². The number of aromatic nitrogens is 1. The van der Waals surface area contributed by atoms with Crippen molar-refractivity contribution in [1.29, 1.82) is 0 Å². The monoisotopic (exact) mass is 420 g/mol. The van der Waals surface area contributed by atoms with Gasteiger partial charge in [0.15, 0.2) is 5.58 Å². The van der Waals surface area contributed by atoms with Gasteiger partial charge < -0.3 is 9.52 Å². The molecule has 5 heteroatoms. The molecule has 0 saturated carbocycles. The highest BCUT2D eigenvalue weighted by atomic mass is 79.9. The van der Waals surface area contributed by atoms with Crippen molar-refractivity contribution in [3.8, 4) is 17.2 Å². The lowest BCUT2D eigenvalue weighted by Crippen LogP contribution is -1.86. The third kappa shape index (κ3) is 3.64. The second kappa shape index (κ2) is 7.00. The second-order valence-corrected chi connectivity index (χ2v) is 7.34. The number of oxazole rings is 1. The SMILES string of the molecule is Cc1cc(Br)c(O)c(C=Nc2cccc(-c3nc4ccc(C)cc4o3)c2)c1. The number of hydrogen-bond acceptors (Lipinski definition) is 4. The van der Waals surface area contributed by atoms with Crippen LogP contribution >= 0.6 is 15.9 Å². The van der Waals surface area contributed by atoms with Crippen LogP contribution in [0.15, 0.2) is 68.5 Å². The fraction of sp³-hybridized carbons (Fsp3) is 0.0909. The molecule has 0 atom stereocenters. The number of rotatable bonds is 3. The van der Waals surface area contributed by atoms with Crippen LogP contribution in [-0.4, -0.2) is 16.3 Å². The molecule has 1 aromatic heterocycles. The molecule has 0 radical (unpaired) electrons. The molecule has 0 aliphatic rings. The molecule has 0 unspecified atom stereocenters. The summed E-state index contributed by atoms with van der Waals surface area (Å²) in [5.74, 6) is 0.739. The van der Waals surface area contributed by atoms with Crippen LogP contribution in [-0.2, 0) is 0 Å². The van der Waals surface area contributed by atoms with Crippen molar-refractivity contribution in [2.75, 3.05) is 0 Å². The summed E-state index contributed by atoms with van der Waals surface area (Å²) in [6.45, 7) is 3.99. The van der Waals surface area contributed by atoms with E-state index in [1.807, 2.05) is 68.4 Å². The van der Waals surface area contributed by atoms with Crippen LogP contribution in [0.2, 0.25) is 0 Å². The molecule has 3 aromatic carbocycles. The van der Waals surface area contributed by atoms with E-state index in [2.05, 4.69) is 25.9 Å². The maximum Gasteiger partial charge on any atom is 0.227 e. The van der Waals surface area contributed by atoms with Gasteiger partial charge in [0.2, 0.25) is 5.89 Å². The van der Waals surface area contributed by atoms with Crippen molar-refractivity contribution >= 4 is 38.9 Å². The zero-order valence-corrected chi connectivity index (χ0v) is 16.5. The molecule has 1 N–H and O–H groups in total. The number of phenolic OH excluding ortho intramolecular Hbond substituents is 1. The van der Waals surface area contributed by atoms with Crippen molar-refractivity contribution in [3.05, 3.63) is 75.8 Å². The summed E-state index contributed by atoms with van der Waals surface area (Å²) in [5, 5.41) is 10.2. The number of halogens is 1. The fourth-order valence-corrected chi connectivity index (χ4v) is 3.47. The van der Waals surface area contributed by atoms with Crippen LogP contribution in [0.3, 0.4) is 0 Å². The third-order valence-corrected chi connectivity index (χ3v) is 4.83. The summed E-state index contributed by atoms with van der Waals surface area (Å²) in [6, 6.07) is 17.4. The van der Waals surface area contributed by atoms with Crippen molar-refractivity contribution in [2.24, 2.45) is 4.99 Å². The van der Waals surface area contributed by atoms with E-state index < -0.39 is 0 Å². The van der Waals surface area contributed by atoms with Gasteiger partial charge in [0.1, 0.15) is 11.3 Å². The van der Waals surface area contributed by atoms with Crippen molar-refractivity contribution < 1.29 is 9.52 Å². The highest BCUT2D eigenvalue weighted by Crippen LogP contribution is 2.30. The highest BCUT2D eigenvalue weighted by molar-refractivity contribution is 9.10. The van der Waals surface area contributed by atoms with E-state index in [1.165, 1.54) is 0 Å². The van der Waals surface area contributed by atoms with Gasteiger partial charge in [-0.3, -0.25) is 4.99 Å². The largest absolute Gasteiger partial charge is 0.506 e. The van der Waals surface area contributed by atoms with Crippen molar-refractivity contribution in [2.45, 2.75) is 13.8 Å². The van der Waals surface area contributed by atoms with E-state index in [1.54, 1.807) is 6.21 Å². The molecule has 134 valence electrons. The molecule has 4 rings (SSSR count). The summed E-state index contributed by atoms with van der Waals surface area (Å²) >= 11 is 3.35. The van der Waals surface area contributed by atoms with Gasteiger partial charge in [-0.2, -0.15) is 0 Å². The highest BCUT2D eigenvalue weighted by Gasteiger charge is 2.09. The Morgan fingerprint density at radius 3 is 2.74 bits per heavy atom. The summed E-state index contributed by atoms with van der Waals surface area (Å²) in [5.41, 5.74) is 6.04. The Morgan fingerprint density at radius 2 is 1.89 bits per heavy atom. The summed E-state index contributed by atoms with van der Waals surface area (Å²) in [6.07, 6.45) is 1.65. The maximum atomic E-state index is 10.2. The maximum absolute atomic E-state index is 10.2. The number of benzene rings is 3. The smallest absolute Gasteiger partial charge is 0.227 e. The van der Waals surface area contributed by atoms with Crippen LogP contribution in [0.5, 0.6) is 5.75 Å². The second-order valence-electron chi connectivity index (χ2n) is 6.48. The average Bonchev–Trinajstić information content (AvgIpc) is 3.07. The van der Waals surface area contributed by atoms with Gasteiger partial charge in [0, 0.05) is 17.3 Å². The van der Waals surface area contributed by atoms with E-state index in [0.717, 1.165) is 33.5 Å². The molecule has 0 saturated heterocycles. The number of aryl methyl sites for hydroxylation is 2. The minimum atomic E-state index is 0.176. The molecule has 0 aliphatic carbocycles. The Hall–Kier alpha value is -2.92. The Kier molecular flexibility index (Phi) is 4.54. The van der Waals surface area contributed by atoms with Gasteiger partial charge in [0.05, 0.1) is 10.2 Å². The Bertz CT molecular complexity index is 1180. The number of nitrogens with zero attached hydrogens (tertiary/aromatic N) is 2. The normalized spacial score (nSPS) is 11.5. The zero-order chi connectivity index (χ0) is 19.0. The quantitative estimate of drug-likeness (QED) is 0.393. The molecule has 0 fully saturated rings. The van der Waals surface area contributed by atoms with Crippen LogP contribution in [0.4, 0.5) is 5.69 Å². The van der Waals surface area contributed by atoms with Crippen LogP contribution in [0.25, 0.3) is 22.6 Å². The van der Waals surface area contributed by atoms with Crippen LogP contribution < -0.4 is 0 Å². The third-order valence-electron chi connectivity index (χ3n) is 4.23. The standard InChI is InChI=1S/C22H17BrN2O2/c1-13-6-7-19-20(10-13)27-22(25-19)15-4-3-5-17(11-15)24-12-16-8-14(2)9-18(23)21(16)26/h3-12,26H,1-2H3. The molecular formula is C22H17BrN2O2. The van der Waals surface area contributed by atoms with E-state index >= 15 is 0 Å². The minimum Gasteiger partial charge on any atom is -0.506 e. The first-order valence-corrected chi connectivity index (χ1v) is 9.30. The van der Waals surface area contributed by atoms with Gasteiger partial charge in [-0.05, 0) is 83.4 Å². The predicted octanol–water partition coefficient (Wildman–Crippen LogP) is 6.33. The molecule has 0 amide bonds. The number of aliphatic imine (C=N–C) groups is 1. The lowest BCUT2D eigenvalue weighted by Gasteiger charge is -2.04. The number of aromatic hydroxyl groups is 1. The van der Waals surface area contributed by atoms with Crippen molar-refractivity contribution in [3.63, 3.8) is 0 Å². The summed E-state index contributed by atoms with van der Waals surface area (Å²) in [4.78, 5) is 9.05. The van der Waals surface area contributed by atoms with Gasteiger partial charge in [-0.25, -0.2) is 4.98 Å². The lowest BCUT2D eigenvalue weighted by molar-refractivity contribution is 0.471. The number of hydrogen-bond donors (Lipinski definition) is 1. The molecule has 0 spiro atoms. The fourth-order valence-electron chi connectivity index (χ4n) is 2.88. The molecule has 0 bridgehead atoms. The van der Waals surface area contributed by atoms with E-state index in [0.29, 0.717) is 15.9 Å². The van der Waals surface area contributed by atoms with Crippen LogP contribution in [0, 0.1) is 13.8 Å². The number of fused-ring (bicyclic) bond motifs is 1. The summed E-state index contributed by atoms with van der Waals surface area (Å²) < 4.78 is 6.55. The first-order chi connectivity index (χ1) is 13.0. The molecule has 0 aliphatic heterocycles. The molecule has 4 nitrogen and oxygen atoms in total. The van der Waals surface area contributed by atoms with Gasteiger partial charge >= 0.3 is 0 Å². The number of phenols is 1. The predicted molar refractivity (Wildman–Crippen MR) is 112 cm³/mol. The minimum absolute atomic E-state index is 0.176. The molecular weight excluding hydrogens is 404 g/mol. The Morgan fingerprint density at radius 1 is 1.04 bits per heavy atom. The zero-order valence-electron chi connectivity index (χ0n) is 14.9. The van der Waals surface area contributed by atoms with Crippen molar-refractivity contribution in [1.82, 2.24) is 4.98 Å². The van der Waals surface area contributed by atoms with E-state index in [9.17, 15) is 5.11 Å². The Labute approximate surface area is 165 Å². The Balaban J connectivity index is 1.68. The van der Waals surface area contributed by atoms with Crippen LogP contribution in [0.1, 0.15) is 16.7 Å². The van der Waals surface area contributed by atoms with Gasteiger partial charge in [-0.1, -0.05) is 12.1 Å². The molecule has 1 heterocycles. The van der Waals surface area contributed by atoms with E-state index in [-0.39, 0.29) is 5.75 Å². The summed E-state index contributed by atoms with van der Waals surface area (Å²) in [7, 11) is 0. The average molecular weight is 421 g/mol. The topological polar surface area (TPSA) is 58.6 Å². The molecule has 4 aromatic rings. The first-order valence-electron chi connectivity index (χ1n) is 8.50.